The van der Waals surface area contributed by atoms with Gasteiger partial charge in [0.2, 0.25) is 0 Å². The van der Waals surface area contributed by atoms with Gasteiger partial charge >= 0.3 is 0 Å². The summed E-state index contributed by atoms with van der Waals surface area (Å²) in [5, 5.41) is 6.94. The lowest BCUT2D eigenvalue weighted by atomic mass is 10.2. The van der Waals surface area contributed by atoms with Gasteiger partial charge in [0.05, 0.1) is 15.5 Å². The van der Waals surface area contributed by atoms with Crippen molar-refractivity contribution in [1.29, 1.82) is 0 Å². The van der Waals surface area contributed by atoms with Crippen molar-refractivity contribution in [3.8, 4) is 0 Å². The van der Waals surface area contributed by atoms with E-state index in [4.69, 9.17) is 4.74 Å². The lowest BCUT2D eigenvalue weighted by Crippen LogP contribution is -2.10. The van der Waals surface area contributed by atoms with Crippen LogP contribution < -0.4 is 0 Å². The maximum absolute atomic E-state index is 5.40. The van der Waals surface area contributed by atoms with E-state index < -0.39 is 0 Å². The Morgan fingerprint density at radius 1 is 1.73 bits per heavy atom. The van der Waals surface area contributed by atoms with E-state index in [1.807, 2.05) is 6.20 Å². The van der Waals surface area contributed by atoms with Crippen molar-refractivity contribution in [1.82, 2.24) is 10.2 Å². The van der Waals surface area contributed by atoms with Crippen LogP contribution in [0.1, 0.15) is 18.5 Å². The van der Waals surface area contributed by atoms with Gasteiger partial charge in [-0.05, 0) is 35.4 Å². The van der Waals surface area contributed by atoms with E-state index in [2.05, 4.69) is 32.8 Å². The molecule has 0 atom stereocenters. The topological polar surface area (TPSA) is 37.9 Å². The molecule has 1 N–H and O–H groups in total. The predicted molar refractivity (Wildman–Crippen MR) is 49.2 cm³/mol. The van der Waals surface area contributed by atoms with Crippen molar-refractivity contribution in [3.63, 3.8) is 0 Å². The van der Waals surface area contributed by atoms with Gasteiger partial charge in [-0.25, -0.2) is 0 Å². The minimum Gasteiger partial charge on any atom is -0.372 e. The molecule has 0 aromatic carbocycles. The molecule has 1 heterocycles. The van der Waals surface area contributed by atoms with Crippen LogP contribution in [-0.2, 0) is 10.3 Å². The Kier molecular flexibility index (Phi) is 1.68. The van der Waals surface area contributed by atoms with Crippen molar-refractivity contribution in [2.45, 2.75) is 18.4 Å². The molecule has 1 aromatic rings. The summed E-state index contributed by atoms with van der Waals surface area (Å²) in [7, 11) is 1.75. The van der Waals surface area contributed by atoms with E-state index in [9.17, 15) is 0 Å². The highest BCUT2D eigenvalue weighted by Gasteiger charge is 2.47. The highest BCUT2D eigenvalue weighted by atomic mass is 127. The Morgan fingerprint density at radius 3 is 2.82 bits per heavy atom. The predicted octanol–water partition coefficient (Wildman–Crippen LogP) is 1.65. The van der Waals surface area contributed by atoms with E-state index in [0.717, 1.165) is 18.5 Å². The van der Waals surface area contributed by atoms with E-state index >= 15 is 0 Å². The third kappa shape index (κ3) is 1.08. The molecular formula is C7H9IN2O. The molecule has 3 nitrogen and oxygen atoms in total. The lowest BCUT2D eigenvalue weighted by Gasteiger charge is -2.10. The number of halogens is 1. The summed E-state index contributed by atoms with van der Waals surface area (Å²) in [5.41, 5.74) is 1.12. The monoisotopic (exact) mass is 264 g/mol. The third-order valence-corrected chi connectivity index (χ3v) is 2.96. The first-order chi connectivity index (χ1) is 5.28. The van der Waals surface area contributed by atoms with Gasteiger partial charge in [0.1, 0.15) is 5.60 Å². The first-order valence-corrected chi connectivity index (χ1v) is 4.61. The summed E-state index contributed by atoms with van der Waals surface area (Å²) in [4.78, 5) is 0. The minimum absolute atomic E-state index is 0.0208. The normalized spacial score (nSPS) is 20.2. The van der Waals surface area contributed by atoms with Crippen LogP contribution in [0.5, 0.6) is 0 Å². The first kappa shape index (κ1) is 7.54. The molecule has 0 saturated heterocycles. The fraction of sp³-hybridized carbons (Fsp3) is 0.571. The van der Waals surface area contributed by atoms with Crippen molar-refractivity contribution >= 4 is 22.6 Å². The molecule has 60 valence electrons. The molecule has 4 heteroatoms. The van der Waals surface area contributed by atoms with E-state index in [1.165, 1.54) is 3.57 Å². The molecule has 0 spiro atoms. The van der Waals surface area contributed by atoms with Gasteiger partial charge in [-0.15, -0.1) is 0 Å². The number of hydrogen-bond donors (Lipinski definition) is 1. The fourth-order valence-electron chi connectivity index (χ4n) is 1.26. The number of methoxy groups -OCH3 is 1. The summed E-state index contributed by atoms with van der Waals surface area (Å²) in [5.74, 6) is 0. The molecule has 11 heavy (non-hydrogen) atoms. The summed E-state index contributed by atoms with van der Waals surface area (Å²) >= 11 is 2.27. The van der Waals surface area contributed by atoms with Gasteiger partial charge < -0.3 is 4.74 Å². The van der Waals surface area contributed by atoms with Gasteiger partial charge in [0.25, 0.3) is 0 Å². The molecule has 1 aliphatic carbocycles. The molecule has 0 radical (unpaired) electrons. The quantitative estimate of drug-likeness (QED) is 0.825. The second-order valence-corrected chi connectivity index (χ2v) is 3.95. The Morgan fingerprint density at radius 2 is 2.45 bits per heavy atom. The molecule has 0 aliphatic heterocycles. The molecular weight excluding hydrogens is 255 g/mol. The third-order valence-electron chi connectivity index (χ3n) is 2.14. The minimum atomic E-state index is -0.0208. The van der Waals surface area contributed by atoms with Crippen molar-refractivity contribution < 1.29 is 4.74 Å². The molecule has 0 bridgehead atoms. The van der Waals surface area contributed by atoms with Crippen LogP contribution in [0.25, 0.3) is 0 Å². The second-order valence-electron chi connectivity index (χ2n) is 2.79. The fourth-order valence-corrected chi connectivity index (χ4v) is 2.01. The largest absolute Gasteiger partial charge is 0.372 e. The molecule has 1 aromatic heterocycles. The number of H-pyrrole nitrogens is 1. The van der Waals surface area contributed by atoms with Crippen LogP contribution in [0.4, 0.5) is 0 Å². The maximum Gasteiger partial charge on any atom is 0.110 e. The van der Waals surface area contributed by atoms with E-state index in [-0.39, 0.29) is 5.60 Å². The van der Waals surface area contributed by atoms with E-state index in [0.29, 0.717) is 0 Å². The molecule has 1 fully saturated rings. The van der Waals surface area contributed by atoms with Crippen LogP contribution in [0.15, 0.2) is 6.20 Å². The zero-order valence-corrected chi connectivity index (χ0v) is 8.38. The average Bonchev–Trinajstić information content (AvgIpc) is 2.70. The molecule has 2 rings (SSSR count). The Bertz CT molecular complexity index is 267. The Hall–Kier alpha value is -0.100. The van der Waals surface area contributed by atoms with Crippen molar-refractivity contribution in [2.75, 3.05) is 7.11 Å². The standard InChI is InChI=1S/C7H9IN2O/c1-11-7(2-3-7)6-5(8)4-9-10-6/h4H,2-3H2,1H3,(H,9,10). The SMILES string of the molecule is COC1(c2[nH]ncc2I)CC1. The smallest absolute Gasteiger partial charge is 0.110 e. The highest BCUT2D eigenvalue weighted by molar-refractivity contribution is 14.1. The van der Waals surface area contributed by atoms with Crippen LogP contribution in [-0.4, -0.2) is 17.3 Å². The van der Waals surface area contributed by atoms with Crippen LogP contribution in [0.2, 0.25) is 0 Å². The van der Waals surface area contributed by atoms with Crippen LogP contribution >= 0.6 is 22.6 Å². The summed E-state index contributed by atoms with van der Waals surface area (Å²) in [6.07, 6.45) is 4.05. The van der Waals surface area contributed by atoms with Gasteiger partial charge in [-0.1, -0.05) is 0 Å². The van der Waals surface area contributed by atoms with Crippen molar-refractivity contribution in [3.05, 3.63) is 15.5 Å². The number of aromatic nitrogens is 2. The zero-order valence-electron chi connectivity index (χ0n) is 6.22. The first-order valence-electron chi connectivity index (χ1n) is 3.53. The van der Waals surface area contributed by atoms with Crippen LogP contribution in [0.3, 0.4) is 0 Å². The van der Waals surface area contributed by atoms with Crippen molar-refractivity contribution in [2.24, 2.45) is 0 Å². The molecule has 1 saturated carbocycles. The number of aromatic amines is 1. The Balaban J connectivity index is 2.35. The highest BCUT2D eigenvalue weighted by Crippen LogP contribution is 2.48. The summed E-state index contributed by atoms with van der Waals surface area (Å²) in [6, 6.07) is 0. The molecule has 0 amide bonds. The number of hydrogen-bond acceptors (Lipinski definition) is 2. The zero-order chi connectivity index (χ0) is 7.90. The number of ether oxygens (including phenoxy) is 1. The summed E-state index contributed by atoms with van der Waals surface area (Å²) < 4.78 is 6.57. The maximum atomic E-state index is 5.40. The average molecular weight is 264 g/mol. The summed E-state index contributed by atoms with van der Waals surface area (Å²) in [6.45, 7) is 0. The van der Waals surface area contributed by atoms with E-state index in [1.54, 1.807) is 7.11 Å². The second kappa shape index (κ2) is 2.45. The van der Waals surface area contributed by atoms with Gasteiger partial charge in [0.15, 0.2) is 0 Å². The lowest BCUT2D eigenvalue weighted by molar-refractivity contribution is 0.0744. The number of nitrogens with zero attached hydrogens (tertiary/aromatic N) is 1. The number of rotatable bonds is 2. The van der Waals surface area contributed by atoms with Gasteiger partial charge in [-0.3, -0.25) is 5.10 Å². The van der Waals surface area contributed by atoms with Gasteiger partial charge in [-0.2, -0.15) is 5.10 Å². The van der Waals surface area contributed by atoms with Gasteiger partial charge in [0, 0.05) is 7.11 Å². The number of nitrogens with one attached hydrogen (secondary N) is 1. The molecule has 1 aliphatic rings. The molecule has 0 unspecified atom stereocenters. The Labute approximate surface area is 78.7 Å². The van der Waals surface area contributed by atoms with Crippen LogP contribution in [0, 0.1) is 3.57 Å².